The zero-order valence-electron chi connectivity index (χ0n) is 10.2. The van der Waals surface area contributed by atoms with Gasteiger partial charge in [0.15, 0.2) is 5.78 Å². The zero-order chi connectivity index (χ0) is 11.6. The number of carbonyl (C=O) groups is 1. The van der Waals surface area contributed by atoms with Crippen molar-refractivity contribution in [3.8, 4) is 0 Å². The van der Waals surface area contributed by atoms with E-state index in [4.69, 9.17) is 0 Å². The van der Waals surface area contributed by atoms with E-state index in [1.54, 1.807) is 0 Å². The van der Waals surface area contributed by atoms with E-state index in [9.17, 15) is 4.79 Å². The Kier molecular flexibility index (Phi) is 6.55. The number of hydrogen-bond acceptors (Lipinski definition) is 1. The summed E-state index contributed by atoms with van der Waals surface area (Å²) < 4.78 is 0. The second kappa shape index (κ2) is 8.09. The summed E-state index contributed by atoms with van der Waals surface area (Å²) in [6, 6.07) is 0. The Balaban J connectivity index is 2.50. The molecule has 0 spiro atoms. The van der Waals surface area contributed by atoms with E-state index in [0.717, 1.165) is 31.3 Å². The highest BCUT2D eigenvalue weighted by atomic mass is 16.1. The van der Waals surface area contributed by atoms with Crippen molar-refractivity contribution in [1.82, 2.24) is 0 Å². The molecule has 1 rings (SSSR count). The van der Waals surface area contributed by atoms with E-state index >= 15 is 0 Å². The van der Waals surface area contributed by atoms with Crippen molar-refractivity contribution in [2.24, 2.45) is 0 Å². The summed E-state index contributed by atoms with van der Waals surface area (Å²) in [6.45, 7) is 1.95. The molecule has 0 fully saturated rings. The van der Waals surface area contributed by atoms with Gasteiger partial charge in [-0.2, -0.15) is 0 Å². The predicted octanol–water partition coefficient (Wildman–Crippen LogP) is 4.36. The second-order valence-electron chi connectivity index (χ2n) is 4.34. The average molecular weight is 218 g/mol. The topological polar surface area (TPSA) is 17.1 Å². The number of allylic oxidation sites excluding steroid dienone is 6. The lowest BCUT2D eigenvalue weighted by atomic mass is 10.0. The summed E-state index contributed by atoms with van der Waals surface area (Å²) in [7, 11) is 0. The summed E-state index contributed by atoms with van der Waals surface area (Å²) in [4.78, 5) is 11.7. The van der Waals surface area contributed by atoms with Gasteiger partial charge in [0.1, 0.15) is 0 Å². The van der Waals surface area contributed by atoms with Crippen molar-refractivity contribution >= 4 is 5.78 Å². The molecule has 0 radical (unpaired) electrons. The minimum absolute atomic E-state index is 0.320. The second-order valence-corrected chi connectivity index (χ2v) is 4.34. The summed E-state index contributed by atoms with van der Waals surface area (Å²) in [5.41, 5.74) is 0.955. The van der Waals surface area contributed by atoms with E-state index in [0.29, 0.717) is 12.2 Å². The van der Waals surface area contributed by atoms with Crippen molar-refractivity contribution in [3.63, 3.8) is 0 Å². The third-order valence-corrected chi connectivity index (χ3v) is 2.87. The van der Waals surface area contributed by atoms with Gasteiger partial charge in [-0.15, -0.1) is 0 Å². The summed E-state index contributed by atoms with van der Waals surface area (Å²) in [6.07, 6.45) is 17.9. The third-order valence-electron chi connectivity index (χ3n) is 2.87. The van der Waals surface area contributed by atoms with E-state index in [1.165, 1.54) is 12.8 Å². The van der Waals surface area contributed by atoms with Gasteiger partial charge in [0.05, 0.1) is 0 Å². The van der Waals surface area contributed by atoms with Crippen LogP contribution in [0.5, 0.6) is 0 Å². The molecule has 0 aromatic heterocycles. The van der Waals surface area contributed by atoms with Gasteiger partial charge in [-0.3, -0.25) is 4.79 Å². The zero-order valence-corrected chi connectivity index (χ0v) is 10.2. The van der Waals surface area contributed by atoms with Crippen LogP contribution in [0.1, 0.15) is 51.9 Å². The molecule has 0 amide bonds. The van der Waals surface area contributed by atoms with Gasteiger partial charge in [-0.05, 0) is 51.0 Å². The third kappa shape index (κ3) is 5.69. The number of hydrogen-bond donors (Lipinski definition) is 0. The maximum absolute atomic E-state index is 11.7. The molecule has 0 bridgehead atoms. The molecule has 0 aliphatic heterocycles. The van der Waals surface area contributed by atoms with Crippen molar-refractivity contribution in [1.29, 1.82) is 0 Å². The minimum Gasteiger partial charge on any atom is -0.295 e. The van der Waals surface area contributed by atoms with Crippen LogP contribution in [-0.4, -0.2) is 5.78 Å². The molecule has 1 heteroatoms. The molecule has 1 nitrogen and oxygen atoms in total. The smallest absolute Gasteiger partial charge is 0.158 e. The van der Waals surface area contributed by atoms with Crippen LogP contribution in [0.25, 0.3) is 0 Å². The minimum atomic E-state index is 0.320. The molecule has 0 saturated carbocycles. The molecular formula is C15H22O. The highest BCUT2D eigenvalue weighted by molar-refractivity contribution is 5.94. The molecule has 0 unspecified atom stereocenters. The van der Waals surface area contributed by atoms with Crippen molar-refractivity contribution in [2.45, 2.75) is 51.9 Å². The van der Waals surface area contributed by atoms with Gasteiger partial charge in [-0.1, -0.05) is 30.4 Å². The largest absolute Gasteiger partial charge is 0.295 e. The fraction of sp³-hybridized carbons (Fsp3) is 0.533. The normalized spacial score (nSPS) is 27.6. The van der Waals surface area contributed by atoms with Gasteiger partial charge in [-0.25, -0.2) is 0 Å². The molecule has 0 saturated heterocycles. The van der Waals surface area contributed by atoms with Crippen molar-refractivity contribution in [3.05, 3.63) is 36.0 Å². The Morgan fingerprint density at radius 3 is 2.31 bits per heavy atom. The van der Waals surface area contributed by atoms with Gasteiger partial charge < -0.3 is 0 Å². The lowest BCUT2D eigenvalue weighted by Crippen LogP contribution is -1.99. The van der Waals surface area contributed by atoms with E-state index in [2.05, 4.69) is 30.4 Å². The van der Waals surface area contributed by atoms with Crippen molar-refractivity contribution in [2.75, 3.05) is 0 Å². The SMILES string of the molecule is C/C1=C\CCCC/C=C/C=C\CCCC1=O. The summed E-state index contributed by atoms with van der Waals surface area (Å²) in [5, 5.41) is 0. The lowest BCUT2D eigenvalue weighted by Gasteiger charge is -2.01. The molecule has 88 valence electrons. The van der Waals surface area contributed by atoms with Crippen LogP contribution in [-0.2, 0) is 4.79 Å². The molecule has 0 atom stereocenters. The van der Waals surface area contributed by atoms with Gasteiger partial charge in [0, 0.05) is 6.42 Å². The number of rotatable bonds is 0. The van der Waals surface area contributed by atoms with Gasteiger partial charge in [0.25, 0.3) is 0 Å². The first-order chi connectivity index (χ1) is 7.80. The average Bonchev–Trinajstić information content (AvgIpc) is 2.29. The predicted molar refractivity (Wildman–Crippen MR) is 69.4 cm³/mol. The van der Waals surface area contributed by atoms with Gasteiger partial charge >= 0.3 is 0 Å². The van der Waals surface area contributed by atoms with E-state index < -0.39 is 0 Å². The number of Topliss-reactive ketones (excluding diaryl/α,β-unsaturated/α-hetero) is 1. The van der Waals surface area contributed by atoms with Crippen LogP contribution in [0.15, 0.2) is 36.0 Å². The van der Waals surface area contributed by atoms with Crippen LogP contribution in [0.2, 0.25) is 0 Å². The molecule has 0 aromatic carbocycles. The summed E-state index contributed by atoms with van der Waals surface area (Å²) in [5.74, 6) is 0.320. The van der Waals surface area contributed by atoms with E-state index in [-0.39, 0.29) is 0 Å². The Morgan fingerprint density at radius 1 is 0.938 bits per heavy atom. The number of carbonyl (C=O) groups excluding carboxylic acids is 1. The molecule has 1 aliphatic carbocycles. The lowest BCUT2D eigenvalue weighted by molar-refractivity contribution is -0.115. The fourth-order valence-corrected chi connectivity index (χ4v) is 1.77. The van der Waals surface area contributed by atoms with E-state index in [1.807, 2.05) is 6.92 Å². The Bertz CT molecular complexity index is 295. The molecule has 0 heterocycles. The molecule has 1 aliphatic rings. The Morgan fingerprint density at radius 2 is 1.56 bits per heavy atom. The standard InChI is InChI=1S/C15H22O/c1-14-12-10-8-6-4-2-3-5-7-9-11-13-15(14)16/h2-3,5,7,12H,4,6,8-11,13H2,1H3/b3-2+,7-5-,14-12+. The monoisotopic (exact) mass is 218 g/mol. The van der Waals surface area contributed by atoms with Crippen LogP contribution in [0.4, 0.5) is 0 Å². The fourth-order valence-electron chi connectivity index (χ4n) is 1.77. The summed E-state index contributed by atoms with van der Waals surface area (Å²) >= 11 is 0. The molecule has 0 N–H and O–H groups in total. The molecular weight excluding hydrogens is 196 g/mol. The quantitative estimate of drug-likeness (QED) is 0.590. The molecule has 16 heavy (non-hydrogen) atoms. The Hall–Kier alpha value is -1.11. The van der Waals surface area contributed by atoms with Crippen LogP contribution in [0.3, 0.4) is 0 Å². The first-order valence-electron chi connectivity index (χ1n) is 6.32. The highest BCUT2D eigenvalue weighted by Crippen LogP contribution is 2.09. The van der Waals surface area contributed by atoms with Crippen LogP contribution < -0.4 is 0 Å². The first-order valence-corrected chi connectivity index (χ1v) is 6.32. The van der Waals surface area contributed by atoms with Crippen LogP contribution >= 0.6 is 0 Å². The Labute approximate surface area is 98.9 Å². The maximum atomic E-state index is 11.7. The molecule has 0 aromatic rings. The number of ketones is 1. The highest BCUT2D eigenvalue weighted by Gasteiger charge is 2.02. The first kappa shape index (κ1) is 13.0. The van der Waals surface area contributed by atoms with Gasteiger partial charge in [0.2, 0.25) is 0 Å². The van der Waals surface area contributed by atoms with Crippen molar-refractivity contribution < 1.29 is 4.79 Å². The maximum Gasteiger partial charge on any atom is 0.158 e. The van der Waals surface area contributed by atoms with Crippen LogP contribution in [0, 0.1) is 0 Å².